The van der Waals surface area contributed by atoms with Crippen LogP contribution in [-0.2, 0) is 0 Å². The van der Waals surface area contributed by atoms with Gasteiger partial charge in [0.25, 0.3) is 0 Å². The first-order chi connectivity index (χ1) is 7.63. The van der Waals surface area contributed by atoms with Crippen molar-refractivity contribution >= 4 is 0 Å². The average Bonchev–Trinajstić information content (AvgIpc) is 2.29. The minimum absolute atomic E-state index is 0.310. The van der Waals surface area contributed by atoms with E-state index in [-0.39, 0.29) is 0 Å². The Balaban J connectivity index is 2.42. The molecule has 0 aliphatic heterocycles. The summed E-state index contributed by atoms with van der Waals surface area (Å²) in [5.74, 6) is 1.72. The van der Waals surface area contributed by atoms with Crippen LogP contribution in [0.3, 0.4) is 0 Å². The minimum atomic E-state index is 0.310. The molecule has 0 spiro atoms. The van der Waals surface area contributed by atoms with Crippen LogP contribution in [0, 0.1) is 11.8 Å². The van der Waals surface area contributed by atoms with Gasteiger partial charge in [0.05, 0.1) is 0 Å². The normalized spacial score (nSPS) is 16.8. The highest BCUT2D eigenvalue weighted by atomic mass is 16.3. The first kappa shape index (κ1) is 13.2. The highest BCUT2D eigenvalue weighted by Crippen LogP contribution is 2.26. The fourth-order valence-electron chi connectivity index (χ4n) is 2.38. The molecule has 0 aromatic heterocycles. The van der Waals surface area contributed by atoms with Gasteiger partial charge < -0.3 is 5.11 Å². The van der Waals surface area contributed by atoms with Gasteiger partial charge >= 0.3 is 0 Å². The van der Waals surface area contributed by atoms with Crippen molar-refractivity contribution < 1.29 is 5.11 Å². The lowest BCUT2D eigenvalue weighted by Gasteiger charge is -2.19. The Bertz CT molecular complexity index is 281. The van der Waals surface area contributed by atoms with E-state index in [1.807, 2.05) is 0 Å². The maximum atomic E-state index is 9.03. The third-order valence-electron chi connectivity index (χ3n) is 3.24. The number of aliphatic hydroxyl groups is 1. The highest BCUT2D eigenvalue weighted by Gasteiger charge is 2.13. The van der Waals surface area contributed by atoms with Crippen LogP contribution >= 0.6 is 0 Å². The SMILES string of the molecule is C[C@H](CO)C[C@H](C)C[C@H](C)c1ccccc1. The molecule has 0 aliphatic rings. The van der Waals surface area contributed by atoms with Gasteiger partial charge in [-0.25, -0.2) is 0 Å². The molecule has 1 aromatic carbocycles. The summed E-state index contributed by atoms with van der Waals surface area (Å²) in [4.78, 5) is 0. The molecule has 1 nitrogen and oxygen atoms in total. The van der Waals surface area contributed by atoms with Crippen molar-refractivity contribution in [3.63, 3.8) is 0 Å². The zero-order valence-corrected chi connectivity index (χ0v) is 10.7. The van der Waals surface area contributed by atoms with Crippen LogP contribution in [0.5, 0.6) is 0 Å². The lowest BCUT2D eigenvalue weighted by Crippen LogP contribution is -2.09. The summed E-state index contributed by atoms with van der Waals surface area (Å²) in [6, 6.07) is 10.7. The zero-order valence-electron chi connectivity index (χ0n) is 10.7. The molecule has 3 atom stereocenters. The molecule has 0 saturated heterocycles. The summed E-state index contributed by atoms with van der Waals surface area (Å²) in [7, 11) is 0. The monoisotopic (exact) mass is 220 g/mol. The van der Waals surface area contributed by atoms with Gasteiger partial charge in [-0.2, -0.15) is 0 Å². The predicted molar refractivity (Wildman–Crippen MR) is 69.5 cm³/mol. The molecule has 0 aliphatic carbocycles. The molecular weight excluding hydrogens is 196 g/mol. The van der Waals surface area contributed by atoms with E-state index in [0.717, 1.165) is 6.42 Å². The molecule has 1 aromatic rings. The molecule has 0 amide bonds. The second-order valence-corrected chi connectivity index (χ2v) is 5.18. The molecule has 16 heavy (non-hydrogen) atoms. The van der Waals surface area contributed by atoms with Gasteiger partial charge in [0, 0.05) is 6.61 Å². The van der Waals surface area contributed by atoms with Crippen molar-refractivity contribution in [1.29, 1.82) is 0 Å². The first-order valence-corrected chi connectivity index (χ1v) is 6.29. The van der Waals surface area contributed by atoms with E-state index in [0.29, 0.717) is 24.4 Å². The Kier molecular flexibility index (Phi) is 5.54. The van der Waals surface area contributed by atoms with Crippen LogP contribution < -0.4 is 0 Å². The Morgan fingerprint density at radius 3 is 2.12 bits per heavy atom. The van der Waals surface area contributed by atoms with E-state index in [9.17, 15) is 0 Å². The summed E-state index contributed by atoms with van der Waals surface area (Å²) in [6.45, 7) is 6.99. The fourth-order valence-corrected chi connectivity index (χ4v) is 2.38. The van der Waals surface area contributed by atoms with Gasteiger partial charge in [0.2, 0.25) is 0 Å². The van der Waals surface area contributed by atoms with E-state index in [1.165, 1.54) is 12.0 Å². The Hall–Kier alpha value is -0.820. The Labute approximate surface area is 99.5 Å². The first-order valence-electron chi connectivity index (χ1n) is 6.29. The summed E-state index contributed by atoms with van der Waals surface area (Å²) in [6.07, 6.45) is 2.32. The Morgan fingerprint density at radius 1 is 0.938 bits per heavy atom. The summed E-state index contributed by atoms with van der Waals surface area (Å²) in [5.41, 5.74) is 1.42. The van der Waals surface area contributed by atoms with Crippen LogP contribution in [0.15, 0.2) is 30.3 Å². The average molecular weight is 220 g/mol. The Morgan fingerprint density at radius 2 is 1.56 bits per heavy atom. The summed E-state index contributed by atoms with van der Waals surface area (Å²) >= 11 is 0. The predicted octanol–water partition coefficient (Wildman–Crippen LogP) is 3.83. The quantitative estimate of drug-likeness (QED) is 0.772. The summed E-state index contributed by atoms with van der Waals surface area (Å²) < 4.78 is 0. The molecule has 0 bridgehead atoms. The minimum Gasteiger partial charge on any atom is -0.396 e. The molecule has 0 fully saturated rings. The molecule has 0 saturated carbocycles. The fraction of sp³-hybridized carbons (Fsp3) is 0.600. The maximum Gasteiger partial charge on any atom is 0.0456 e. The molecule has 1 N–H and O–H groups in total. The number of aliphatic hydroxyl groups excluding tert-OH is 1. The lowest BCUT2D eigenvalue weighted by molar-refractivity contribution is 0.211. The molecule has 0 unspecified atom stereocenters. The van der Waals surface area contributed by atoms with Crippen LogP contribution in [0.2, 0.25) is 0 Å². The van der Waals surface area contributed by atoms with Crippen molar-refractivity contribution in [3.05, 3.63) is 35.9 Å². The maximum absolute atomic E-state index is 9.03. The summed E-state index contributed by atoms with van der Waals surface area (Å²) in [5, 5.41) is 9.03. The van der Waals surface area contributed by atoms with Gasteiger partial charge in [-0.05, 0) is 36.2 Å². The molecule has 0 heterocycles. The topological polar surface area (TPSA) is 20.2 Å². The third kappa shape index (κ3) is 4.36. The number of hydrogen-bond donors (Lipinski definition) is 1. The van der Waals surface area contributed by atoms with E-state index < -0.39 is 0 Å². The van der Waals surface area contributed by atoms with Crippen LogP contribution in [-0.4, -0.2) is 11.7 Å². The van der Waals surface area contributed by atoms with Gasteiger partial charge in [0.1, 0.15) is 0 Å². The molecule has 0 radical (unpaired) electrons. The molecule has 1 heteroatoms. The van der Waals surface area contributed by atoms with Crippen molar-refractivity contribution in [2.45, 2.75) is 39.5 Å². The molecule has 90 valence electrons. The van der Waals surface area contributed by atoms with Crippen molar-refractivity contribution in [2.24, 2.45) is 11.8 Å². The van der Waals surface area contributed by atoms with E-state index in [1.54, 1.807) is 0 Å². The second-order valence-electron chi connectivity index (χ2n) is 5.18. The van der Waals surface area contributed by atoms with Crippen LogP contribution in [0.1, 0.15) is 45.1 Å². The van der Waals surface area contributed by atoms with Gasteiger partial charge in [-0.15, -0.1) is 0 Å². The number of hydrogen-bond acceptors (Lipinski definition) is 1. The van der Waals surface area contributed by atoms with E-state index >= 15 is 0 Å². The van der Waals surface area contributed by atoms with Crippen LogP contribution in [0.4, 0.5) is 0 Å². The van der Waals surface area contributed by atoms with Gasteiger partial charge in [-0.3, -0.25) is 0 Å². The van der Waals surface area contributed by atoms with Crippen molar-refractivity contribution in [3.8, 4) is 0 Å². The molecule has 1 rings (SSSR count). The highest BCUT2D eigenvalue weighted by molar-refractivity contribution is 5.18. The molecular formula is C15H24O. The standard InChI is InChI=1S/C15H24O/c1-12(9-13(2)11-16)10-14(3)15-7-5-4-6-8-15/h4-8,12-14,16H,9-11H2,1-3H3/t12-,13-,14-/m0/s1. The van der Waals surface area contributed by atoms with Crippen LogP contribution in [0.25, 0.3) is 0 Å². The number of rotatable bonds is 6. The van der Waals surface area contributed by atoms with Gasteiger partial charge in [0.15, 0.2) is 0 Å². The third-order valence-corrected chi connectivity index (χ3v) is 3.24. The lowest BCUT2D eigenvalue weighted by atomic mass is 9.86. The largest absolute Gasteiger partial charge is 0.396 e. The van der Waals surface area contributed by atoms with Crippen molar-refractivity contribution in [2.75, 3.05) is 6.61 Å². The zero-order chi connectivity index (χ0) is 12.0. The van der Waals surface area contributed by atoms with E-state index in [2.05, 4.69) is 51.1 Å². The van der Waals surface area contributed by atoms with Gasteiger partial charge in [-0.1, -0.05) is 51.1 Å². The van der Waals surface area contributed by atoms with E-state index in [4.69, 9.17) is 5.11 Å². The number of benzene rings is 1. The second kappa shape index (κ2) is 6.70. The van der Waals surface area contributed by atoms with Crippen molar-refractivity contribution in [1.82, 2.24) is 0 Å². The smallest absolute Gasteiger partial charge is 0.0456 e.